The highest BCUT2D eigenvalue weighted by Crippen LogP contribution is 2.46. The van der Waals surface area contributed by atoms with Crippen molar-refractivity contribution in [1.29, 1.82) is 0 Å². The van der Waals surface area contributed by atoms with Crippen molar-refractivity contribution in [3.63, 3.8) is 0 Å². The summed E-state index contributed by atoms with van der Waals surface area (Å²) in [6, 6.07) is 22.2. The van der Waals surface area contributed by atoms with Crippen LogP contribution in [0.3, 0.4) is 0 Å². The highest BCUT2D eigenvalue weighted by Gasteiger charge is 2.44. The Morgan fingerprint density at radius 2 is 0.960 bits per heavy atom. The van der Waals surface area contributed by atoms with Crippen LogP contribution in [-0.4, -0.2) is 28.7 Å². The van der Waals surface area contributed by atoms with E-state index in [2.05, 4.69) is 97.4 Å². The van der Waals surface area contributed by atoms with Gasteiger partial charge in [0.25, 0.3) is 0 Å². The topological polar surface area (TPSA) is 60.4 Å². The maximum Gasteiger partial charge on any atom is 0.147 e. The normalized spacial score (nSPS) is 16.8. The molecule has 6 aromatic heterocycles. The van der Waals surface area contributed by atoms with E-state index in [-0.39, 0.29) is 10.8 Å². The standard InChI is InChI=1S/C44H44N6/c1-43(2,35-25-49-33-21-9-17-29(27-13-5-6-14-27)37(33)39-31(41(49)47-35)19-11-23-45-39)44(3,4)36-26-50-34-22-10-18-30(28-15-7-8-16-28)38(34)40-32(42(50)48-36)20-12-24-46-40/h9-12,17-28H,5-8,13-16H2,1-4H3. The number of nitrogens with zero attached hydrogens (tertiary/aromatic N) is 6. The molecule has 0 atom stereocenters. The number of pyridine rings is 4. The second-order valence-corrected chi connectivity index (χ2v) is 16.1. The van der Waals surface area contributed by atoms with Crippen molar-refractivity contribution in [1.82, 2.24) is 28.7 Å². The zero-order valence-corrected chi connectivity index (χ0v) is 29.6. The molecular weight excluding hydrogens is 613 g/mol. The van der Waals surface area contributed by atoms with Gasteiger partial charge >= 0.3 is 0 Å². The zero-order chi connectivity index (χ0) is 33.8. The summed E-state index contributed by atoms with van der Waals surface area (Å²) in [5, 5.41) is 4.80. The summed E-state index contributed by atoms with van der Waals surface area (Å²) in [5.74, 6) is 1.18. The lowest BCUT2D eigenvalue weighted by Crippen LogP contribution is -2.41. The Labute approximate surface area is 292 Å². The molecule has 0 unspecified atom stereocenters. The number of imidazole rings is 2. The van der Waals surface area contributed by atoms with E-state index in [1.54, 1.807) is 0 Å². The minimum atomic E-state index is -0.361. The molecule has 6 heteroatoms. The largest absolute Gasteiger partial charge is 0.299 e. The van der Waals surface area contributed by atoms with Crippen LogP contribution in [0.15, 0.2) is 85.5 Å². The smallest absolute Gasteiger partial charge is 0.147 e. The number of rotatable bonds is 5. The average Bonchev–Trinajstić information content (AvgIpc) is 3.98. The molecule has 8 aromatic rings. The molecule has 50 heavy (non-hydrogen) atoms. The molecule has 0 radical (unpaired) electrons. The van der Waals surface area contributed by atoms with E-state index in [4.69, 9.17) is 19.9 Å². The fraction of sp³-hybridized carbons (Fsp3) is 0.364. The van der Waals surface area contributed by atoms with Crippen molar-refractivity contribution < 1.29 is 0 Å². The Morgan fingerprint density at radius 3 is 1.38 bits per heavy atom. The van der Waals surface area contributed by atoms with E-state index in [0.29, 0.717) is 11.8 Å². The van der Waals surface area contributed by atoms with Crippen molar-refractivity contribution in [3.8, 4) is 0 Å². The Morgan fingerprint density at radius 1 is 0.540 bits per heavy atom. The van der Waals surface area contributed by atoms with Gasteiger partial charge in [0.1, 0.15) is 11.3 Å². The van der Waals surface area contributed by atoms with Crippen molar-refractivity contribution in [2.45, 2.75) is 102 Å². The molecule has 0 amide bonds. The summed E-state index contributed by atoms with van der Waals surface area (Å²) in [4.78, 5) is 20.9. The van der Waals surface area contributed by atoms with Crippen LogP contribution in [0, 0.1) is 0 Å². The molecule has 250 valence electrons. The third-order valence-corrected chi connectivity index (χ3v) is 13.1. The summed E-state index contributed by atoms with van der Waals surface area (Å²) < 4.78 is 4.68. The second-order valence-electron chi connectivity index (χ2n) is 16.1. The summed E-state index contributed by atoms with van der Waals surface area (Å²) in [6.45, 7) is 9.34. The first kappa shape index (κ1) is 30.0. The lowest BCUT2D eigenvalue weighted by molar-refractivity contribution is 0.290. The molecule has 2 aliphatic carbocycles. The number of hydrogen-bond acceptors (Lipinski definition) is 4. The fourth-order valence-electron chi connectivity index (χ4n) is 9.51. The van der Waals surface area contributed by atoms with Crippen LogP contribution in [0.25, 0.3) is 54.9 Å². The number of fused-ring (bicyclic) bond motifs is 12. The third-order valence-electron chi connectivity index (χ3n) is 13.1. The van der Waals surface area contributed by atoms with Crippen molar-refractivity contribution in [2.24, 2.45) is 0 Å². The van der Waals surface area contributed by atoms with E-state index < -0.39 is 0 Å². The number of aromatic nitrogens is 6. The minimum absolute atomic E-state index is 0.361. The van der Waals surface area contributed by atoms with E-state index in [1.807, 2.05) is 24.5 Å². The maximum atomic E-state index is 5.47. The maximum absolute atomic E-state index is 5.47. The molecule has 2 aliphatic rings. The zero-order valence-electron chi connectivity index (χ0n) is 29.6. The molecule has 10 rings (SSSR count). The van der Waals surface area contributed by atoms with Gasteiger partial charge in [-0.2, -0.15) is 0 Å². The van der Waals surface area contributed by atoms with Crippen LogP contribution >= 0.6 is 0 Å². The lowest BCUT2D eigenvalue weighted by atomic mass is 9.64. The van der Waals surface area contributed by atoms with E-state index in [1.165, 1.54) is 84.3 Å². The van der Waals surface area contributed by atoms with Gasteiger partial charge < -0.3 is 0 Å². The van der Waals surface area contributed by atoms with Gasteiger partial charge in [-0.25, -0.2) is 9.97 Å². The predicted octanol–water partition coefficient (Wildman–Crippen LogP) is 11.0. The van der Waals surface area contributed by atoms with Crippen LogP contribution in [-0.2, 0) is 10.8 Å². The minimum Gasteiger partial charge on any atom is -0.299 e. The molecule has 2 fully saturated rings. The van der Waals surface area contributed by atoms with Crippen LogP contribution in [0.2, 0.25) is 0 Å². The van der Waals surface area contributed by atoms with Crippen molar-refractivity contribution in [2.75, 3.05) is 0 Å². The third kappa shape index (κ3) is 4.14. The van der Waals surface area contributed by atoms with Gasteiger partial charge in [-0.3, -0.25) is 18.8 Å². The first-order chi connectivity index (χ1) is 24.3. The van der Waals surface area contributed by atoms with Gasteiger partial charge in [-0.15, -0.1) is 0 Å². The summed E-state index contributed by atoms with van der Waals surface area (Å²) >= 11 is 0. The molecule has 0 N–H and O–H groups in total. The first-order valence-corrected chi connectivity index (χ1v) is 18.7. The Kier molecular flexibility index (Phi) is 6.50. The summed E-state index contributed by atoms with van der Waals surface area (Å²) in [6.07, 6.45) is 18.7. The van der Waals surface area contributed by atoms with Gasteiger partial charge in [0, 0.05) is 57.2 Å². The van der Waals surface area contributed by atoms with Crippen LogP contribution < -0.4 is 0 Å². The van der Waals surface area contributed by atoms with Crippen LogP contribution in [0.1, 0.15) is 113 Å². The first-order valence-electron chi connectivity index (χ1n) is 18.7. The van der Waals surface area contributed by atoms with Gasteiger partial charge in [-0.1, -0.05) is 77.6 Å². The van der Waals surface area contributed by atoms with Crippen LogP contribution in [0.4, 0.5) is 0 Å². The molecule has 6 heterocycles. The highest BCUT2D eigenvalue weighted by atomic mass is 15.0. The molecule has 2 saturated carbocycles. The molecule has 0 saturated heterocycles. The van der Waals surface area contributed by atoms with Crippen molar-refractivity contribution >= 4 is 54.9 Å². The molecule has 0 aliphatic heterocycles. The average molecular weight is 657 g/mol. The lowest BCUT2D eigenvalue weighted by Gasteiger charge is -2.39. The summed E-state index contributed by atoms with van der Waals surface area (Å²) in [5.41, 5.74) is 10.7. The Balaban J connectivity index is 1.17. The predicted molar refractivity (Wildman–Crippen MR) is 204 cm³/mol. The van der Waals surface area contributed by atoms with Crippen molar-refractivity contribution in [3.05, 3.63) is 108 Å². The van der Waals surface area contributed by atoms with E-state index >= 15 is 0 Å². The van der Waals surface area contributed by atoms with E-state index in [0.717, 1.165) is 44.5 Å². The Hall–Kier alpha value is -4.84. The quantitative estimate of drug-likeness (QED) is 0.173. The van der Waals surface area contributed by atoms with Crippen LogP contribution in [0.5, 0.6) is 0 Å². The van der Waals surface area contributed by atoms with E-state index in [9.17, 15) is 0 Å². The number of benzene rings is 2. The molecular formula is C44H44N6. The van der Waals surface area contributed by atoms with Gasteiger partial charge in [0.2, 0.25) is 0 Å². The Bertz CT molecular complexity index is 2440. The van der Waals surface area contributed by atoms with Gasteiger partial charge in [-0.05, 0) is 85.0 Å². The monoisotopic (exact) mass is 656 g/mol. The molecule has 6 nitrogen and oxygen atoms in total. The SMILES string of the molecule is CC(C)(c1cn2c3cccc(C4CCCC4)c3c3ncccc3c2n1)C(C)(C)c1cn2c3cccc(C4CCCC4)c3c3ncccc3c2n1. The molecule has 0 bridgehead atoms. The fourth-order valence-corrected chi connectivity index (χ4v) is 9.51. The highest BCUT2D eigenvalue weighted by molar-refractivity contribution is 6.12. The number of hydrogen-bond donors (Lipinski definition) is 0. The van der Waals surface area contributed by atoms with Gasteiger partial charge in [0.05, 0.1) is 33.5 Å². The molecule has 0 spiro atoms. The van der Waals surface area contributed by atoms with Gasteiger partial charge in [0.15, 0.2) is 0 Å². The molecule has 2 aromatic carbocycles. The summed E-state index contributed by atoms with van der Waals surface area (Å²) in [7, 11) is 0. The second kappa shape index (κ2) is 10.8.